The second-order valence-electron chi connectivity index (χ2n) is 15.7. The molecule has 0 spiro atoms. The molecule has 0 N–H and O–H groups in total. The number of para-hydroxylation sites is 2. The summed E-state index contributed by atoms with van der Waals surface area (Å²) in [7, 11) is 0. The highest BCUT2D eigenvalue weighted by Gasteiger charge is 2.50. The largest absolute Gasteiger partial charge is 0.334 e. The molecule has 4 atom stereocenters. The van der Waals surface area contributed by atoms with Crippen molar-refractivity contribution in [3.8, 4) is 5.69 Å². The molecule has 0 bridgehead atoms. The molecule has 0 radical (unpaired) electrons. The number of nitrogens with zero attached hydrogens (tertiary/aromatic N) is 2. The van der Waals surface area contributed by atoms with E-state index in [2.05, 4.69) is 186 Å². The molecule has 5 aromatic rings. The van der Waals surface area contributed by atoms with E-state index < -0.39 is 0 Å². The zero-order valence-corrected chi connectivity index (χ0v) is 30.1. The Hall–Kier alpha value is -5.86. The van der Waals surface area contributed by atoms with Gasteiger partial charge in [0.15, 0.2) is 0 Å². The van der Waals surface area contributed by atoms with Crippen molar-refractivity contribution in [2.75, 3.05) is 4.90 Å². The van der Waals surface area contributed by atoms with Crippen LogP contribution in [0.4, 0.5) is 5.69 Å². The van der Waals surface area contributed by atoms with Crippen LogP contribution >= 0.6 is 0 Å². The predicted octanol–water partition coefficient (Wildman–Crippen LogP) is 12.2. The fourth-order valence-corrected chi connectivity index (χ4v) is 10.4. The fraction of sp³-hybridized carbons (Fsp3) is 0.176. The second-order valence-corrected chi connectivity index (χ2v) is 15.7. The summed E-state index contributed by atoms with van der Waals surface area (Å²) in [5.74, 6) is 0.714. The summed E-state index contributed by atoms with van der Waals surface area (Å²) in [6.07, 6.45) is 32.6. The Labute approximate surface area is 312 Å². The first-order chi connectivity index (χ1) is 26.2. The van der Waals surface area contributed by atoms with Crippen molar-refractivity contribution in [1.82, 2.24) is 4.57 Å². The lowest BCUT2D eigenvalue weighted by Gasteiger charge is -2.40. The summed E-state index contributed by atoms with van der Waals surface area (Å²) in [5.41, 5.74) is 17.9. The van der Waals surface area contributed by atoms with E-state index in [1.165, 1.54) is 67.1 Å². The molecular formula is C51H42N2. The average molecular weight is 683 g/mol. The van der Waals surface area contributed by atoms with Crippen molar-refractivity contribution < 1.29 is 0 Å². The van der Waals surface area contributed by atoms with E-state index in [1.54, 1.807) is 11.1 Å². The van der Waals surface area contributed by atoms with Gasteiger partial charge in [0, 0.05) is 57.4 Å². The van der Waals surface area contributed by atoms with Gasteiger partial charge in [-0.1, -0.05) is 140 Å². The van der Waals surface area contributed by atoms with Gasteiger partial charge in [-0.15, -0.1) is 0 Å². The molecule has 0 saturated heterocycles. The van der Waals surface area contributed by atoms with Crippen LogP contribution in [-0.2, 0) is 11.8 Å². The van der Waals surface area contributed by atoms with Crippen LogP contribution in [0.2, 0.25) is 0 Å². The van der Waals surface area contributed by atoms with Crippen molar-refractivity contribution in [3.05, 3.63) is 208 Å². The number of fused-ring (bicyclic) bond motifs is 8. The minimum Gasteiger partial charge on any atom is -0.334 e. The molecule has 0 aliphatic heterocycles. The van der Waals surface area contributed by atoms with Crippen molar-refractivity contribution in [1.29, 1.82) is 0 Å². The number of aromatic nitrogens is 1. The third-order valence-corrected chi connectivity index (χ3v) is 12.9. The van der Waals surface area contributed by atoms with Crippen LogP contribution in [0.1, 0.15) is 65.6 Å². The first-order valence-corrected chi connectivity index (χ1v) is 19.4. The highest BCUT2D eigenvalue weighted by Crippen LogP contribution is 2.61. The maximum absolute atomic E-state index is 2.65. The summed E-state index contributed by atoms with van der Waals surface area (Å²) in [5, 5.41) is 1.32. The fourth-order valence-electron chi connectivity index (χ4n) is 10.4. The summed E-state index contributed by atoms with van der Waals surface area (Å²) in [4.78, 5) is 2.65. The first-order valence-electron chi connectivity index (χ1n) is 19.4. The molecule has 0 amide bonds. The van der Waals surface area contributed by atoms with Gasteiger partial charge in [-0.25, -0.2) is 0 Å². The monoisotopic (exact) mass is 682 g/mol. The van der Waals surface area contributed by atoms with Gasteiger partial charge in [-0.05, 0) is 94.6 Å². The van der Waals surface area contributed by atoms with Crippen LogP contribution in [0, 0.1) is 5.92 Å². The van der Waals surface area contributed by atoms with Gasteiger partial charge in [-0.2, -0.15) is 0 Å². The van der Waals surface area contributed by atoms with Crippen LogP contribution in [0.5, 0.6) is 0 Å². The van der Waals surface area contributed by atoms with E-state index in [0.717, 1.165) is 25.7 Å². The second kappa shape index (κ2) is 11.8. The third kappa shape index (κ3) is 4.64. The highest BCUT2D eigenvalue weighted by atomic mass is 15.2. The van der Waals surface area contributed by atoms with Gasteiger partial charge in [0.05, 0.1) is 11.6 Å². The molecule has 0 saturated carbocycles. The SMILES string of the molecule is CC12CC=C(N(c3ccc(C4=CC=CCC4)cc3)C3C=Cc4c(n(-c5ccccc5)c5ccccc45)C3)C=C1C1c3c(cccc32)C=C2C=CC=CC21. The topological polar surface area (TPSA) is 8.17 Å². The van der Waals surface area contributed by atoms with E-state index >= 15 is 0 Å². The standard InChI is InChI=1S/C51H42N2/c1-51-30-29-41(32-46(51)50-42-19-9-8-15-36(42)31-37-16-12-21-45(51)49(37)50)52(39-25-23-35(24-26-39)34-13-4-2-5-14-34)40-27-28-44-43-20-10-11-22-47(43)53(48(44)33-40)38-17-6-3-7-18-38/h2-4,6-13,15-29,31-32,40,42,50H,5,14,30,33H2,1H3. The number of benzene rings is 4. The Balaban J connectivity index is 1.06. The summed E-state index contributed by atoms with van der Waals surface area (Å²) in [6, 6.07) is 36.4. The van der Waals surface area contributed by atoms with Crippen LogP contribution in [0.3, 0.4) is 0 Å². The Morgan fingerprint density at radius 1 is 0.792 bits per heavy atom. The van der Waals surface area contributed by atoms with Gasteiger partial charge in [-0.3, -0.25) is 0 Å². The number of hydrogen-bond donors (Lipinski definition) is 0. The minimum atomic E-state index is -0.0242. The molecule has 11 rings (SSSR count). The molecule has 0 fully saturated rings. The normalized spacial score (nSPS) is 24.4. The zero-order valence-electron chi connectivity index (χ0n) is 30.1. The number of hydrogen-bond acceptors (Lipinski definition) is 1. The van der Waals surface area contributed by atoms with Crippen LogP contribution in [0.25, 0.3) is 34.3 Å². The van der Waals surface area contributed by atoms with E-state index in [9.17, 15) is 0 Å². The third-order valence-electron chi connectivity index (χ3n) is 12.9. The summed E-state index contributed by atoms with van der Waals surface area (Å²) < 4.78 is 2.50. The molecular weight excluding hydrogens is 641 g/mol. The lowest BCUT2D eigenvalue weighted by molar-refractivity contribution is 0.526. The maximum Gasteiger partial charge on any atom is 0.0580 e. The quantitative estimate of drug-likeness (QED) is 0.179. The van der Waals surface area contributed by atoms with Gasteiger partial charge in [0.2, 0.25) is 0 Å². The number of anilines is 1. The van der Waals surface area contributed by atoms with Crippen molar-refractivity contribution >= 4 is 34.3 Å². The van der Waals surface area contributed by atoms with Crippen molar-refractivity contribution in [2.24, 2.45) is 5.92 Å². The number of allylic oxidation sites excluding steroid dienone is 12. The molecule has 53 heavy (non-hydrogen) atoms. The van der Waals surface area contributed by atoms with Crippen LogP contribution in [0.15, 0.2) is 175 Å². The molecule has 1 heterocycles. The zero-order chi connectivity index (χ0) is 35.1. The molecule has 4 unspecified atom stereocenters. The van der Waals surface area contributed by atoms with Crippen LogP contribution in [-0.4, -0.2) is 10.6 Å². The Kier molecular flexibility index (Phi) is 6.86. The summed E-state index contributed by atoms with van der Waals surface area (Å²) in [6.45, 7) is 2.50. The molecule has 6 aliphatic rings. The van der Waals surface area contributed by atoms with E-state index in [-0.39, 0.29) is 11.5 Å². The molecule has 1 aromatic heterocycles. The molecule has 6 aliphatic carbocycles. The van der Waals surface area contributed by atoms with E-state index in [4.69, 9.17) is 0 Å². The lowest BCUT2D eigenvalue weighted by atomic mass is 9.68. The molecule has 2 nitrogen and oxygen atoms in total. The van der Waals surface area contributed by atoms with E-state index in [0.29, 0.717) is 11.8 Å². The molecule has 4 aromatic carbocycles. The van der Waals surface area contributed by atoms with Gasteiger partial charge in [0.1, 0.15) is 0 Å². The lowest BCUT2D eigenvalue weighted by Crippen LogP contribution is -2.38. The van der Waals surface area contributed by atoms with Crippen molar-refractivity contribution in [2.45, 2.75) is 50.0 Å². The van der Waals surface area contributed by atoms with Gasteiger partial charge >= 0.3 is 0 Å². The van der Waals surface area contributed by atoms with E-state index in [1.807, 2.05) is 0 Å². The number of rotatable bonds is 5. The molecule has 256 valence electrons. The smallest absolute Gasteiger partial charge is 0.0580 e. The Morgan fingerprint density at radius 3 is 2.53 bits per heavy atom. The van der Waals surface area contributed by atoms with Crippen LogP contribution < -0.4 is 4.90 Å². The Bertz CT molecular complexity index is 2580. The highest BCUT2D eigenvalue weighted by molar-refractivity contribution is 5.94. The summed E-state index contributed by atoms with van der Waals surface area (Å²) >= 11 is 0. The average Bonchev–Trinajstić information content (AvgIpc) is 3.69. The van der Waals surface area contributed by atoms with Gasteiger partial charge in [0.25, 0.3) is 0 Å². The van der Waals surface area contributed by atoms with Crippen molar-refractivity contribution in [3.63, 3.8) is 0 Å². The predicted molar refractivity (Wildman–Crippen MR) is 222 cm³/mol. The molecule has 2 heteroatoms. The van der Waals surface area contributed by atoms with Gasteiger partial charge < -0.3 is 9.47 Å². The minimum absolute atomic E-state index is 0.0242. The first kappa shape index (κ1) is 30.7. The Morgan fingerprint density at radius 2 is 1.66 bits per heavy atom. The maximum atomic E-state index is 2.65.